The van der Waals surface area contributed by atoms with Crippen LogP contribution in [-0.2, 0) is 4.79 Å². The molecule has 21 heavy (non-hydrogen) atoms. The van der Waals surface area contributed by atoms with Gasteiger partial charge in [-0.15, -0.1) is 0 Å². The zero-order valence-electron chi connectivity index (χ0n) is 13.6. The molecule has 0 amide bonds. The van der Waals surface area contributed by atoms with Crippen molar-refractivity contribution < 1.29 is 9.53 Å². The summed E-state index contributed by atoms with van der Waals surface area (Å²) >= 11 is 0. The third-order valence-electron chi connectivity index (χ3n) is 3.99. The summed E-state index contributed by atoms with van der Waals surface area (Å²) in [4.78, 5) is 16.7. The van der Waals surface area contributed by atoms with E-state index in [0.29, 0.717) is 12.3 Å². The number of ketones is 1. The number of Topliss-reactive ketones (excluding diaryl/α,β-unsaturated/α-hetero) is 1. The minimum atomic E-state index is -0.246. The van der Waals surface area contributed by atoms with Crippen LogP contribution in [0.1, 0.15) is 20.8 Å². The van der Waals surface area contributed by atoms with Crippen molar-refractivity contribution in [2.45, 2.75) is 20.8 Å². The molecule has 116 valence electrons. The number of nitrogens with zero attached hydrogens (tertiary/aromatic N) is 2. The van der Waals surface area contributed by atoms with Crippen molar-refractivity contribution in [1.82, 2.24) is 4.90 Å². The molecule has 0 saturated carbocycles. The van der Waals surface area contributed by atoms with Crippen LogP contribution < -0.4 is 9.64 Å². The second kappa shape index (κ2) is 6.48. The van der Waals surface area contributed by atoms with Crippen LogP contribution in [0, 0.1) is 5.41 Å². The van der Waals surface area contributed by atoms with E-state index in [1.807, 2.05) is 32.9 Å². The average Bonchev–Trinajstić information content (AvgIpc) is 2.47. The van der Waals surface area contributed by atoms with Crippen LogP contribution in [0.25, 0.3) is 0 Å². The zero-order chi connectivity index (χ0) is 15.5. The number of ether oxygens (including phenoxy) is 1. The SMILES string of the molecule is COc1cccc(N2CCN(CC(=O)C(C)(C)C)CC2)c1. The molecule has 1 fully saturated rings. The van der Waals surface area contributed by atoms with Crippen molar-refractivity contribution in [3.05, 3.63) is 24.3 Å². The van der Waals surface area contributed by atoms with Gasteiger partial charge in [0, 0.05) is 43.3 Å². The normalized spacial score (nSPS) is 16.9. The molecule has 1 aliphatic heterocycles. The van der Waals surface area contributed by atoms with Gasteiger partial charge in [-0.1, -0.05) is 26.8 Å². The Hall–Kier alpha value is -1.55. The highest BCUT2D eigenvalue weighted by atomic mass is 16.5. The molecular formula is C17H26N2O2. The number of piperazine rings is 1. The maximum Gasteiger partial charge on any atom is 0.152 e. The molecule has 1 aliphatic rings. The number of hydrogen-bond donors (Lipinski definition) is 0. The Bertz CT molecular complexity index is 486. The highest BCUT2D eigenvalue weighted by Gasteiger charge is 2.25. The highest BCUT2D eigenvalue weighted by molar-refractivity contribution is 5.85. The Morgan fingerprint density at radius 3 is 2.43 bits per heavy atom. The van der Waals surface area contributed by atoms with E-state index >= 15 is 0 Å². The average molecular weight is 290 g/mol. The van der Waals surface area contributed by atoms with E-state index < -0.39 is 0 Å². The first-order valence-corrected chi connectivity index (χ1v) is 7.55. The quantitative estimate of drug-likeness (QED) is 0.852. The molecule has 2 rings (SSSR count). The maximum atomic E-state index is 12.1. The number of anilines is 1. The molecule has 1 saturated heterocycles. The number of methoxy groups -OCH3 is 1. The lowest BCUT2D eigenvalue weighted by atomic mass is 9.90. The lowest BCUT2D eigenvalue weighted by Crippen LogP contribution is -2.49. The monoisotopic (exact) mass is 290 g/mol. The molecule has 0 N–H and O–H groups in total. The summed E-state index contributed by atoms with van der Waals surface area (Å²) in [6, 6.07) is 8.15. The molecule has 0 aliphatic carbocycles. The molecule has 1 heterocycles. The van der Waals surface area contributed by atoms with Crippen molar-refractivity contribution in [2.24, 2.45) is 5.41 Å². The second-order valence-corrected chi connectivity index (χ2v) is 6.64. The fourth-order valence-corrected chi connectivity index (χ4v) is 2.41. The Morgan fingerprint density at radius 1 is 1.19 bits per heavy atom. The molecule has 0 unspecified atom stereocenters. The predicted molar refractivity (Wildman–Crippen MR) is 86.1 cm³/mol. The number of hydrogen-bond acceptors (Lipinski definition) is 4. The fourth-order valence-electron chi connectivity index (χ4n) is 2.41. The van der Waals surface area contributed by atoms with Crippen LogP contribution in [0.5, 0.6) is 5.75 Å². The van der Waals surface area contributed by atoms with Gasteiger partial charge in [0.05, 0.1) is 13.7 Å². The summed E-state index contributed by atoms with van der Waals surface area (Å²) < 4.78 is 5.28. The van der Waals surface area contributed by atoms with E-state index in [-0.39, 0.29) is 5.41 Å². The molecule has 4 heteroatoms. The molecule has 1 aromatic carbocycles. The van der Waals surface area contributed by atoms with E-state index in [1.54, 1.807) is 7.11 Å². The molecule has 0 aromatic heterocycles. The predicted octanol–water partition coefficient (Wildman–Crippen LogP) is 2.43. The Labute approximate surface area is 127 Å². The zero-order valence-corrected chi connectivity index (χ0v) is 13.6. The summed E-state index contributed by atoms with van der Waals surface area (Å²) in [6.07, 6.45) is 0. The standard InChI is InChI=1S/C17H26N2O2/c1-17(2,3)16(20)13-18-8-10-19(11-9-18)14-6-5-7-15(12-14)21-4/h5-7,12H,8-11,13H2,1-4H3. The summed E-state index contributed by atoms with van der Waals surface area (Å²) in [5, 5.41) is 0. The first kappa shape index (κ1) is 15.8. The number of benzene rings is 1. The third-order valence-corrected chi connectivity index (χ3v) is 3.99. The Morgan fingerprint density at radius 2 is 1.86 bits per heavy atom. The molecule has 0 bridgehead atoms. The van der Waals surface area contributed by atoms with E-state index in [0.717, 1.165) is 31.9 Å². The largest absolute Gasteiger partial charge is 0.497 e. The Balaban J connectivity index is 1.89. The van der Waals surface area contributed by atoms with Crippen LogP contribution in [-0.4, -0.2) is 50.5 Å². The van der Waals surface area contributed by atoms with Crippen LogP contribution in [0.3, 0.4) is 0 Å². The van der Waals surface area contributed by atoms with Gasteiger partial charge in [-0.25, -0.2) is 0 Å². The summed E-state index contributed by atoms with van der Waals surface area (Å²) in [5.74, 6) is 1.20. The molecule has 0 spiro atoms. The topological polar surface area (TPSA) is 32.8 Å². The van der Waals surface area contributed by atoms with E-state index in [9.17, 15) is 4.79 Å². The number of carbonyl (C=O) groups is 1. The fraction of sp³-hybridized carbons (Fsp3) is 0.588. The summed E-state index contributed by atoms with van der Waals surface area (Å²) in [6.45, 7) is 10.3. The molecule has 0 atom stereocenters. The van der Waals surface area contributed by atoms with Gasteiger partial charge in [-0.2, -0.15) is 0 Å². The summed E-state index contributed by atoms with van der Waals surface area (Å²) in [7, 11) is 1.69. The smallest absolute Gasteiger partial charge is 0.152 e. The van der Waals surface area contributed by atoms with Crippen LogP contribution >= 0.6 is 0 Å². The molecule has 0 radical (unpaired) electrons. The van der Waals surface area contributed by atoms with Crippen LogP contribution in [0.2, 0.25) is 0 Å². The van der Waals surface area contributed by atoms with Gasteiger partial charge in [-0.3, -0.25) is 9.69 Å². The van der Waals surface area contributed by atoms with Gasteiger partial charge in [0.15, 0.2) is 5.78 Å². The van der Waals surface area contributed by atoms with Gasteiger partial charge in [0.1, 0.15) is 5.75 Å². The Kier molecular flexibility index (Phi) is 4.88. The minimum absolute atomic E-state index is 0.246. The van der Waals surface area contributed by atoms with Crippen LogP contribution in [0.15, 0.2) is 24.3 Å². The third kappa shape index (κ3) is 4.21. The van der Waals surface area contributed by atoms with E-state index in [2.05, 4.69) is 21.9 Å². The first-order valence-electron chi connectivity index (χ1n) is 7.55. The molecular weight excluding hydrogens is 264 g/mol. The molecule has 1 aromatic rings. The maximum absolute atomic E-state index is 12.1. The van der Waals surface area contributed by atoms with Gasteiger partial charge in [0.2, 0.25) is 0 Å². The summed E-state index contributed by atoms with van der Waals surface area (Å²) in [5.41, 5.74) is 0.945. The van der Waals surface area contributed by atoms with Gasteiger partial charge in [0.25, 0.3) is 0 Å². The van der Waals surface area contributed by atoms with Gasteiger partial charge >= 0.3 is 0 Å². The highest BCUT2D eigenvalue weighted by Crippen LogP contribution is 2.22. The van der Waals surface area contributed by atoms with Crippen molar-refractivity contribution in [2.75, 3.05) is 44.7 Å². The molecule has 4 nitrogen and oxygen atoms in total. The van der Waals surface area contributed by atoms with Crippen molar-refractivity contribution in [1.29, 1.82) is 0 Å². The van der Waals surface area contributed by atoms with Gasteiger partial charge < -0.3 is 9.64 Å². The number of rotatable bonds is 4. The minimum Gasteiger partial charge on any atom is -0.497 e. The first-order chi connectivity index (χ1) is 9.90. The number of carbonyl (C=O) groups excluding carboxylic acids is 1. The van der Waals surface area contributed by atoms with Crippen LogP contribution in [0.4, 0.5) is 5.69 Å². The second-order valence-electron chi connectivity index (χ2n) is 6.64. The van der Waals surface area contributed by atoms with Gasteiger partial charge in [-0.05, 0) is 12.1 Å². The van der Waals surface area contributed by atoms with Crippen molar-refractivity contribution in [3.63, 3.8) is 0 Å². The lowest BCUT2D eigenvalue weighted by molar-refractivity contribution is -0.127. The lowest BCUT2D eigenvalue weighted by Gasteiger charge is -2.36. The van der Waals surface area contributed by atoms with Crippen molar-refractivity contribution in [3.8, 4) is 5.75 Å². The van der Waals surface area contributed by atoms with E-state index in [4.69, 9.17) is 4.74 Å². The van der Waals surface area contributed by atoms with E-state index in [1.165, 1.54) is 5.69 Å². The van der Waals surface area contributed by atoms with Crippen molar-refractivity contribution >= 4 is 11.5 Å².